The van der Waals surface area contributed by atoms with E-state index < -0.39 is 0 Å². The maximum absolute atomic E-state index is 4.54. The van der Waals surface area contributed by atoms with Crippen LogP contribution in [-0.2, 0) is 6.42 Å². The third-order valence-electron chi connectivity index (χ3n) is 4.95. The number of hydrogen-bond acceptors (Lipinski definition) is 1. The summed E-state index contributed by atoms with van der Waals surface area (Å²) in [6, 6.07) is 19.3. The summed E-state index contributed by atoms with van der Waals surface area (Å²) in [5.41, 5.74) is 3.75. The molecule has 0 amide bonds. The van der Waals surface area contributed by atoms with Gasteiger partial charge in [-0.1, -0.05) is 82.0 Å². The van der Waals surface area contributed by atoms with Crippen LogP contribution in [-0.4, -0.2) is 9.55 Å². The molecule has 130 valence electrons. The molecule has 25 heavy (non-hydrogen) atoms. The van der Waals surface area contributed by atoms with Gasteiger partial charge in [0.2, 0.25) is 0 Å². The highest BCUT2D eigenvalue weighted by Gasteiger charge is 2.09. The van der Waals surface area contributed by atoms with Crippen LogP contribution in [0.4, 0.5) is 0 Å². The zero-order valence-corrected chi connectivity index (χ0v) is 15.4. The zero-order chi connectivity index (χ0) is 17.5. The molecule has 1 unspecified atom stereocenters. The van der Waals surface area contributed by atoms with E-state index in [0.29, 0.717) is 0 Å². The SMILES string of the molecule is CCCCC(CC)Cc1ccc(-n2ccnc2-c2ccccc2)cc1. The minimum atomic E-state index is 0.805. The topological polar surface area (TPSA) is 17.8 Å². The molecule has 2 nitrogen and oxygen atoms in total. The summed E-state index contributed by atoms with van der Waals surface area (Å²) >= 11 is 0. The van der Waals surface area contributed by atoms with Crippen LogP contribution in [0.15, 0.2) is 67.0 Å². The molecule has 2 aromatic carbocycles. The van der Waals surface area contributed by atoms with Gasteiger partial charge in [0.05, 0.1) is 0 Å². The lowest BCUT2D eigenvalue weighted by Crippen LogP contribution is -2.04. The van der Waals surface area contributed by atoms with E-state index in [9.17, 15) is 0 Å². The van der Waals surface area contributed by atoms with Gasteiger partial charge in [-0.15, -0.1) is 0 Å². The second kappa shape index (κ2) is 8.66. The average Bonchev–Trinajstić information content (AvgIpc) is 3.16. The molecular weight excluding hydrogens is 304 g/mol. The van der Waals surface area contributed by atoms with Crippen LogP contribution in [0.5, 0.6) is 0 Å². The molecule has 0 spiro atoms. The van der Waals surface area contributed by atoms with Crippen LogP contribution in [0.1, 0.15) is 45.1 Å². The Balaban J connectivity index is 1.76. The number of aromatic nitrogens is 2. The van der Waals surface area contributed by atoms with E-state index in [2.05, 4.69) is 71.9 Å². The predicted octanol–water partition coefficient (Wildman–Crippen LogP) is 6.30. The summed E-state index contributed by atoms with van der Waals surface area (Å²) in [5.74, 6) is 1.79. The van der Waals surface area contributed by atoms with Crippen molar-refractivity contribution >= 4 is 0 Å². The third-order valence-corrected chi connectivity index (χ3v) is 4.95. The molecule has 0 N–H and O–H groups in total. The van der Waals surface area contributed by atoms with E-state index >= 15 is 0 Å². The summed E-state index contributed by atoms with van der Waals surface area (Å²) in [6.07, 6.45) is 10.3. The smallest absolute Gasteiger partial charge is 0.144 e. The number of unbranched alkanes of at least 4 members (excludes halogenated alkanes) is 1. The molecule has 0 fully saturated rings. The highest BCUT2D eigenvalue weighted by molar-refractivity contribution is 5.58. The van der Waals surface area contributed by atoms with E-state index in [0.717, 1.165) is 17.3 Å². The standard InChI is InChI=1S/C23H28N2/c1-3-5-9-19(4-2)18-20-12-14-22(15-13-20)25-17-16-24-23(25)21-10-7-6-8-11-21/h6-8,10-17,19H,3-5,9,18H2,1-2H3. The molecule has 3 aromatic rings. The lowest BCUT2D eigenvalue weighted by molar-refractivity contribution is 0.449. The van der Waals surface area contributed by atoms with Gasteiger partial charge in [0, 0.05) is 23.6 Å². The van der Waals surface area contributed by atoms with Crippen molar-refractivity contribution in [3.05, 3.63) is 72.6 Å². The number of imidazole rings is 1. The van der Waals surface area contributed by atoms with E-state index in [-0.39, 0.29) is 0 Å². The molecule has 0 radical (unpaired) electrons. The van der Waals surface area contributed by atoms with Gasteiger partial charge in [-0.2, -0.15) is 0 Å². The quantitative estimate of drug-likeness (QED) is 0.473. The Morgan fingerprint density at radius 3 is 2.40 bits per heavy atom. The Kier molecular flexibility index (Phi) is 6.05. The fourth-order valence-electron chi connectivity index (χ4n) is 3.38. The van der Waals surface area contributed by atoms with Crippen molar-refractivity contribution in [2.24, 2.45) is 5.92 Å². The zero-order valence-electron chi connectivity index (χ0n) is 15.4. The summed E-state index contributed by atoms with van der Waals surface area (Å²) in [7, 11) is 0. The lowest BCUT2D eigenvalue weighted by atomic mass is 9.92. The normalized spacial score (nSPS) is 12.2. The van der Waals surface area contributed by atoms with Gasteiger partial charge in [0.25, 0.3) is 0 Å². The minimum absolute atomic E-state index is 0.805. The predicted molar refractivity (Wildman–Crippen MR) is 106 cm³/mol. The van der Waals surface area contributed by atoms with Crippen molar-refractivity contribution in [3.8, 4) is 17.1 Å². The second-order valence-corrected chi connectivity index (χ2v) is 6.77. The molecule has 1 heterocycles. The number of hydrogen-bond donors (Lipinski definition) is 0. The Labute approximate surface area is 151 Å². The molecule has 0 aliphatic heterocycles. The average molecular weight is 332 g/mol. The lowest BCUT2D eigenvalue weighted by Gasteiger charge is -2.15. The molecule has 1 atom stereocenters. The van der Waals surface area contributed by atoms with Gasteiger partial charge in [-0.05, 0) is 30.0 Å². The van der Waals surface area contributed by atoms with Gasteiger partial charge in [-0.25, -0.2) is 4.98 Å². The van der Waals surface area contributed by atoms with Crippen LogP contribution < -0.4 is 0 Å². The van der Waals surface area contributed by atoms with Crippen LogP contribution in [0.2, 0.25) is 0 Å². The Morgan fingerprint density at radius 2 is 1.72 bits per heavy atom. The summed E-state index contributed by atoms with van der Waals surface area (Å²) in [4.78, 5) is 4.54. The number of benzene rings is 2. The van der Waals surface area contributed by atoms with Crippen molar-refractivity contribution in [1.82, 2.24) is 9.55 Å². The van der Waals surface area contributed by atoms with E-state index in [4.69, 9.17) is 0 Å². The van der Waals surface area contributed by atoms with Gasteiger partial charge >= 0.3 is 0 Å². The molecule has 0 aliphatic rings. The number of nitrogens with zero attached hydrogens (tertiary/aromatic N) is 2. The van der Waals surface area contributed by atoms with Crippen LogP contribution in [0.3, 0.4) is 0 Å². The minimum Gasteiger partial charge on any atom is -0.300 e. The van der Waals surface area contributed by atoms with Crippen LogP contribution in [0, 0.1) is 5.92 Å². The van der Waals surface area contributed by atoms with Gasteiger partial charge in [0.1, 0.15) is 5.82 Å². The second-order valence-electron chi connectivity index (χ2n) is 6.77. The molecule has 0 aliphatic carbocycles. The monoisotopic (exact) mass is 332 g/mol. The summed E-state index contributed by atoms with van der Waals surface area (Å²) in [6.45, 7) is 4.59. The first kappa shape index (κ1) is 17.5. The van der Waals surface area contributed by atoms with E-state index in [1.165, 1.54) is 43.4 Å². The first-order valence-electron chi connectivity index (χ1n) is 9.50. The van der Waals surface area contributed by atoms with Gasteiger partial charge in [0.15, 0.2) is 0 Å². The Bertz CT molecular complexity index is 756. The first-order chi connectivity index (χ1) is 12.3. The molecule has 0 bridgehead atoms. The van der Waals surface area contributed by atoms with E-state index in [1.54, 1.807) is 0 Å². The first-order valence-corrected chi connectivity index (χ1v) is 9.50. The van der Waals surface area contributed by atoms with Crippen molar-refractivity contribution in [2.75, 3.05) is 0 Å². The molecule has 3 rings (SSSR count). The van der Waals surface area contributed by atoms with Crippen molar-refractivity contribution < 1.29 is 0 Å². The van der Waals surface area contributed by atoms with Gasteiger partial charge < -0.3 is 0 Å². The fraction of sp³-hybridized carbons (Fsp3) is 0.348. The van der Waals surface area contributed by atoms with Crippen LogP contribution >= 0.6 is 0 Å². The van der Waals surface area contributed by atoms with Crippen molar-refractivity contribution in [3.63, 3.8) is 0 Å². The fourth-order valence-corrected chi connectivity index (χ4v) is 3.38. The molecule has 1 aromatic heterocycles. The molecule has 0 saturated heterocycles. The van der Waals surface area contributed by atoms with Crippen LogP contribution in [0.25, 0.3) is 17.1 Å². The summed E-state index contributed by atoms with van der Waals surface area (Å²) in [5, 5.41) is 0. The Hall–Kier alpha value is -2.35. The number of rotatable bonds is 8. The summed E-state index contributed by atoms with van der Waals surface area (Å²) < 4.78 is 2.16. The largest absolute Gasteiger partial charge is 0.300 e. The highest BCUT2D eigenvalue weighted by atomic mass is 15.1. The maximum Gasteiger partial charge on any atom is 0.144 e. The van der Waals surface area contributed by atoms with Gasteiger partial charge in [-0.3, -0.25) is 4.57 Å². The highest BCUT2D eigenvalue weighted by Crippen LogP contribution is 2.23. The van der Waals surface area contributed by atoms with Crippen molar-refractivity contribution in [1.29, 1.82) is 0 Å². The Morgan fingerprint density at radius 1 is 0.960 bits per heavy atom. The van der Waals surface area contributed by atoms with Crippen molar-refractivity contribution in [2.45, 2.75) is 46.0 Å². The maximum atomic E-state index is 4.54. The third kappa shape index (κ3) is 4.39. The molecular formula is C23H28N2. The molecule has 0 saturated carbocycles. The molecule has 2 heteroatoms. The van der Waals surface area contributed by atoms with E-state index in [1.807, 2.05) is 18.5 Å².